The summed E-state index contributed by atoms with van der Waals surface area (Å²) in [6.07, 6.45) is 4.53. The predicted octanol–water partition coefficient (Wildman–Crippen LogP) is 6.13. The summed E-state index contributed by atoms with van der Waals surface area (Å²) in [5.41, 5.74) is 3.55. The van der Waals surface area contributed by atoms with E-state index >= 15 is 0 Å². The molecule has 4 aromatic heterocycles. The topological polar surface area (TPSA) is 168 Å². The van der Waals surface area contributed by atoms with E-state index in [1.54, 1.807) is 36.8 Å². The Labute approximate surface area is 273 Å². The number of aryl methyl sites for hydroxylation is 1. The van der Waals surface area contributed by atoms with E-state index in [2.05, 4.69) is 52.5 Å². The Morgan fingerprint density at radius 3 is 2.57 bits per heavy atom. The highest BCUT2D eigenvalue weighted by Gasteiger charge is 2.13. The highest BCUT2D eigenvalue weighted by Crippen LogP contribution is 2.32. The molecule has 0 radical (unpaired) electrons. The van der Waals surface area contributed by atoms with Gasteiger partial charge in [0.25, 0.3) is 5.91 Å². The molecule has 14 heteroatoms. The molecule has 0 saturated carbocycles. The fourth-order valence-electron chi connectivity index (χ4n) is 4.69. The molecule has 2 aromatic carbocycles. The summed E-state index contributed by atoms with van der Waals surface area (Å²) < 4.78 is 11.2. The molecule has 0 aliphatic carbocycles. The monoisotopic (exact) mass is 649 g/mol. The second-order valence-electron chi connectivity index (χ2n) is 10.3. The van der Waals surface area contributed by atoms with Gasteiger partial charge in [0, 0.05) is 52.5 Å². The Morgan fingerprint density at radius 2 is 1.79 bits per heavy atom. The quantitative estimate of drug-likeness (QED) is 0.0980. The minimum atomic E-state index is -0.412. The third-order valence-electron chi connectivity index (χ3n) is 6.94. The van der Waals surface area contributed by atoms with E-state index in [4.69, 9.17) is 9.47 Å². The summed E-state index contributed by atoms with van der Waals surface area (Å²) >= 11 is 1.65. The molecule has 47 heavy (non-hydrogen) atoms. The van der Waals surface area contributed by atoms with Gasteiger partial charge in [0.2, 0.25) is 0 Å². The number of amides is 3. The van der Waals surface area contributed by atoms with Crippen LogP contribution in [0.2, 0.25) is 0 Å². The van der Waals surface area contributed by atoms with Crippen molar-refractivity contribution in [1.82, 2.24) is 30.5 Å². The summed E-state index contributed by atoms with van der Waals surface area (Å²) in [6, 6.07) is 18.5. The van der Waals surface area contributed by atoms with Crippen molar-refractivity contribution in [2.45, 2.75) is 13.5 Å². The van der Waals surface area contributed by atoms with Crippen molar-refractivity contribution >= 4 is 57.2 Å². The number of urea groups is 1. The van der Waals surface area contributed by atoms with E-state index in [0.717, 1.165) is 27.6 Å². The lowest BCUT2D eigenvalue weighted by Crippen LogP contribution is -2.27. The lowest BCUT2D eigenvalue weighted by molar-refractivity contribution is 0.0931. The van der Waals surface area contributed by atoms with Crippen LogP contribution in [0.4, 0.5) is 27.9 Å². The SMILES string of the molecule is COCCNC(=O)c1cnc(Nc2cc(COc3ccc(NC(=O)Nc4cc(-c5csc(C)c5)[nH]n4)c4ccccc34)ccn2)cn1. The molecule has 3 amide bonds. The first-order chi connectivity index (χ1) is 22.9. The maximum Gasteiger partial charge on any atom is 0.324 e. The molecule has 0 saturated heterocycles. The van der Waals surface area contributed by atoms with Gasteiger partial charge in [0.05, 0.1) is 30.4 Å². The van der Waals surface area contributed by atoms with Gasteiger partial charge in [-0.15, -0.1) is 11.3 Å². The summed E-state index contributed by atoms with van der Waals surface area (Å²) in [6.45, 7) is 3.10. The zero-order chi connectivity index (χ0) is 32.6. The van der Waals surface area contributed by atoms with Gasteiger partial charge in [-0.3, -0.25) is 15.2 Å². The number of nitrogens with one attached hydrogen (secondary N) is 5. The van der Waals surface area contributed by atoms with Crippen molar-refractivity contribution < 1.29 is 19.1 Å². The van der Waals surface area contributed by atoms with Gasteiger partial charge in [-0.25, -0.2) is 19.7 Å². The third kappa shape index (κ3) is 7.87. The average molecular weight is 650 g/mol. The largest absolute Gasteiger partial charge is 0.488 e. The van der Waals surface area contributed by atoms with Crippen LogP contribution in [0.15, 0.2) is 84.6 Å². The van der Waals surface area contributed by atoms with Gasteiger partial charge in [-0.05, 0) is 42.8 Å². The van der Waals surface area contributed by atoms with Crippen molar-refractivity contribution in [3.8, 4) is 17.0 Å². The molecule has 0 aliphatic heterocycles. The summed E-state index contributed by atoms with van der Waals surface area (Å²) in [4.78, 5) is 39.0. The molecule has 0 aliphatic rings. The molecular weight excluding hydrogens is 618 g/mol. The summed E-state index contributed by atoms with van der Waals surface area (Å²) in [5.74, 6) is 1.73. The zero-order valence-corrected chi connectivity index (χ0v) is 26.4. The molecule has 0 bridgehead atoms. The lowest BCUT2D eigenvalue weighted by atomic mass is 10.1. The molecule has 0 atom stereocenters. The highest BCUT2D eigenvalue weighted by atomic mass is 32.1. The second-order valence-corrected chi connectivity index (χ2v) is 11.5. The van der Waals surface area contributed by atoms with Crippen LogP contribution in [0.1, 0.15) is 20.9 Å². The number of aromatic amines is 1. The van der Waals surface area contributed by atoms with Gasteiger partial charge in [0.1, 0.15) is 29.7 Å². The van der Waals surface area contributed by atoms with Crippen molar-refractivity contribution in [3.05, 3.63) is 101 Å². The molecule has 5 N–H and O–H groups in total. The van der Waals surface area contributed by atoms with Crippen LogP contribution in [-0.2, 0) is 11.3 Å². The van der Waals surface area contributed by atoms with E-state index < -0.39 is 6.03 Å². The molecule has 6 aromatic rings. The van der Waals surface area contributed by atoms with Crippen molar-refractivity contribution in [2.24, 2.45) is 0 Å². The Bertz CT molecular complexity index is 2010. The Hall–Kier alpha value is -5.86. The van der Waals surface area contributed by atoms with E-state index in [0.29, 0.717) is 42.0 Å². The number of hydrogen-bond acceptors (Lipinski definition) is 10. The van der Waals surface area contributed by atoms with Crippen LogP contribution in [0.3, 0.4) is 0 Å². The number of anilines is 4. The maximum atomic E-state index is 12.9. The van der Waals surface area contributed by atoms with Gasteiger partial charge < -0.3 is 25.4 Å². The van der Waals surface area contributed by atoms with Crippen LogP contribution in [-0.4, -0.2) is 57.3 Å². The minimum absolute atomic E-state index is 0.201. The number of thiophene rings is 1. The Kier molecular flexibility index (Phi) is 9.60. The Balaban J connectivity index is 1.08. The predicted molar refractivity (Wildman–Crippen MR) is 181 cm³/mol. The Morgan fingerprint density at radius 1 is 0.915 bits per heavy atom. The summed E-state index contributed by atoms with van der Waals surface area (Å²) in [7, 11) is 1.56. The highest BCUT2D eigenvalue weighted by molar-refractivity contribution is 7.10. The number of hydrogen-bond donors (Lipinski definition) is 5. The number of methoxy groups -OCH3 is 1. The van der Waals surface area contributed by atoms with Crippen molar-refractivity contribution in [1.29, 1.82) is 0 Å². The third-order valence-corrected chi connectivity index (χ3v) is 7.81. The van der Waals surface area contributed by atoms with Gasteiger partial charge >= 0.3 is 6.03 Å². The van der Waals surface area contributed by atoms with E-state index in [1.165, 1.54) is 17.3 Å². The number of H-pyrrole nitrogens is 1. The molecule has 0 unspecified atom stereocenters. The number of ether oxygens (including phenoxy) is 2. The molecule has 0 spiro atoms. The van der Waals surface area contributed by atoms with E-state index in [-0.39, 0.29) is 18.2 Å². The second kappa shape index (κ2) is 14.5. The standard InChI is InChI=1S/C33H31N9O4S/c1-20-13-22(19-47-20)26-15-30(42-41-26)40-33(44)38-25-7-8-28(24-6-4-3-5-23(24)25)46-18-21-9-10-34-29(14-21)39-31-17-36-27(16-37-31)32(43)35-11-12-45-2/h3-10,13-17,19H,11-12,18H2,1-2H3,(H,35,43)(H,34,37,39)(H3,38,40,41,42,44). The van der Waals surface area contributed by atoms with Gasteiger partial charge in [0.15, 0.2) is 5.82 Å². The minimum Gasteiger partial charge on any atom is -0.488 e. The first kappa shape index (κ1) is 31.1. The maximum absolute atomic E-state index is 12.9. The fraction of sp³-hybridized carbons (Fsp3) is 0.152. The van der Waals surface area contributed by atoms with Crippen molar-refractivity contribution in [2.75, 3.05) is 36.2 Å². The van der Waals surface area contributed by atoms with Gasteiger partial charge in [-0.2, -0.15) is 5.10 Å². The van der Waals surface area contributed by atoms with Crippen LogP contribution in [0.25, 0.3) is 22.0 Å². The number of aromatic nitrogens is 5. The fourth-order valence-corrected chi connectivity index (χ4v) is 5.39. The molecule has 6 rings (SSSR count). The molecule has 0 fully saturated rings. The number of carbonyl (C=O) groups is 2. The molecule has 13 nitrogen and oxygen atoms in total. The molecular formula is C33H31N9O4S. The van der Waals surface area contributed by atoms with E-state index in [1.807, 2.05) is 54.8 Å². The number of fused-ring (bicyclic) bond motifs is 1. The van der Waals surface area contributed by atoms with Crippen molar-refractivity contribution in [3.63, 3.8) is 0 Å². The van der Waals surface area contributed by atoms with Crippen LogP contribution in [0.5, 0.6) is 5.75 Å². The average Bonchev–Trinajstić information content (AvgIpc) is 3.74. The number of benzene rings is 2. The van der Waals surface area contributed by atoms with E-state index in [9.17, 15) is 9.59 Å². The lowest BCUT2D eigenvalue weighted by Gasteiger charge is -2.14. The zero-order valence-electron chi connectivity index (χ0n) is 25.5. The first-order valence-electron chi connectivity index (χ1n) is 14.6. The van der Waals surface area contributed by atoms with Crippen LogP contribution >= 0.6 is 11.3 Å². The smallest absolute Gasteiger partial charge is 0.324 e. The number of pyridine rings is 1. The van der Waals surface area contributed by atoms with Crippen LogP contribution < -0.4 is 26.0 Å². The first-order valence-corrected chi connectivity index (χ1v) is 15.5. The van der Waals surface area contributed by atoms with Crippen LogP contribution in [0, 0.1) is 6.92 Å². The normalized spacial score (nSPS) is 10.9. The number of rotatable bonds is 12. The molecule has 238 valence electrons. The number of carbonyl (C=O) groups excluding carboxylic acids is 2. The number of nitrogens with zero attached hydrogens (tertiary/aromatic N) is 4. The van der Waals surface area contributed by atoms with Gasteiger partial charge in [-0.1, -0.05) is 24.3 Å². The molecule has 4 heterocycles. The summed E-state index contributed by atoms with van der Waals surface area (Å²) in [5, 5.41) is 22.4.